The van der Waals surface area contributed by atoms with Crippen LogP contribution < -0.4 is 5.32 Å². The first-order valence-electron chi connectivity index (χ1n) is 11.1. The van der Waals surface area contributed by atoms with Gasteiger partial charge in [-0.2, -0.15) is 0 Å². The predicted octanol–water partition coefficient (Wildman–Crippen LogP) is 5.44. The number of hydrogen-bond acceptors (Lipinski definition) is 2. The highest BCUT2D eigenvalue weighted by Gasteiger charge is 2.32. The van der Waals surface area contributed by atoms with Crippen molar-refractivity contribution in [2.45, 2.75) is 51.7 Å². The van der Waals surface area contributed by atoms with Crippen LogP contribution in [0.15, 0.2) is 84.9 Å². The van der Waals surface area contributed by atoms with Crippen molar-refractivity contribution in [3.63, 3.8) is 0 Å². The van der Waals surface area contributed by atoms with Crippen LogP contribution in [-0.4, -0.2) is 28.3 Å². The van der Waals surface area contributed by atoms with Crippen molar-refractivity contribution >= 4 is 23.4 Å². The van der Waals surface area contributed by atoms with Crippen molar-refractivity contribution in [3.05, 3.63) is 107 Å². The van der Waals surface area contributed by atoms with Gasteiger partial charge >= 0.3 is 0 Å². The van der Waals surface area contributed by atoms with E-state index in [9.17, 15) is 9.59 Å². The standard InChI is InChI=1S/C28H31ClN2O2/c1-28(2,3)30-27(33)25(18-21-11-6-4-7-12-21)31(20-22-13-8-5-9-14-22)26(32)19-23-15-10-16-24(29)17-23/h4-17,25H,18-20H2,1-3H3,(H,30,33). The SMILES string of the molecule is CC(C)(C)NC(=O)C(Cc1ccccc1)N(Cc1ccccc1)C(=O)Cc1cccc(Cl)c1. The van der Waals surface area contributed by atoms with E-state index in [1.54, 1.807) is 17.0 Å². The predicted molar refractivity (Wildman–Crippen MR) is 134 cm³/mol. The Hall–Kier alpha value is -3.11. The van der Waals surface area contributed by atoms with Gasteiger partial charge in [0.15, 0.2) is 0 Å². The third-order valence-corrected chi connectivity index (χ3v) is 5.44. The zero-order chi connectivity index (χ0) is 23.8. The molecule has 0 bridgehead atoms. The second-order valence-electron chi connectivity index (χ2n) is 9.26. The first-order valence-corrected chi connectivity index (χ1v) is 11.5. The summed E-state index contributed by atoms with van der Waals surface area (Å²) in [6.07, 6.45) is 0.596. The summed E-state index contributed by atoms with van der Waals surface area (Å²) in [5, 5.41) is 3.66. The Morgan fingerprint density at radius 1 is 0.848 bits per heavy atom. The Morgan fingerprint density at radius 2 is 1.42 bits per heavy atom. The number of nitrogens with one attached hydrogen (secondary N) is 1. The minimum Gasteiger partial charge on any atom is -0.350 e. The number of rotatable bonds is 8. The van der Waals surface area contributed by atoms with Crippen LogP contribution in [0.1, 0.15) is 37.5 Å². The lowest BCUT2D eigenvalue weighted by atomic mass is 10.00. The topological polar surface area (TPSA) is 49.4 Å². The quantitative estimate of drug-likeness (QED) is 0.484. The van der Waals surface area contributed by atoms with Gasteiger partial charge in [0.1, 0.15) is 6.04 Å². The first kappa shape index (κ1) is 24.5. The van der Waals surface area contributed by atoms with E-state index >= 15 is 0 Å². The lowest BCUT2D eigenvalue weighted by molar-refractivity contribution is -0.141. The molecule has 0 radical (unpaired) electrons. The average Bonchev–Trinajstić information content (AvgIpc) is 2.76. The fourth-order valence-corrected chi connectivity index (χ4v) is 3.92. The Kier molecular flexibility index (Phi) is 8.29. The fourth-order valence-electron chi connectivity index (χ4n) is 3.71. The minimum absolute atomic E-state index is 0.119. The van der Waals surface area contributed by atoms with Gasteiger partial charge < -0.3 is 10.2 Å². The van der Waals surface area contributed by atoms with E-state index in [0.717, 1.165) is 16.7 Å². The number of carbonyl (C=O) groups excluding carboxylic acids is 2. The number of carbonyl (C=O) groups is 2. The van der Waals surface area contributed by atoms with E-state index in [4.69, 9.17) is 11.6 Å². The highest BCUT2D eigenvalue weighted by molar-refractivity contribution is 6.30. The Bertz CT molecular complexity index is 1060. The maximum atomic E-state index is 13.6. The average molecular weight is 463 g/mol. The zero-order valence-corrected chi connectivity index (χ0v) is 20.2. The Balaban J connectivity index is 1.97. The van der Waals surface area contributed by atoms with Gasteiger partial charge in [-0.05, 0) is 49.6 Å². The normalized spacial score (nSPS) is 12.1. The van der Waals surface area contributed by atoms with Gasteiger partial charge in [-0.3, -0.25) is 9.59 Å². The summed E-state index contributed by atoms with van der Waals surface area (Å²) in [6.45, 7) is 6.18. The van der Waals surface area contributed by atoms with Crippen molar-refractivity contribution < 1.29 is 9.59 Å². The zero-order valence-electron chi connectivity index (χ0n) is 19.4. The number of halogens is 1. The van der Waals surface area contributed by atoms with Gasteiger partial charge in [-0.1, -0.05) is 84.4 Å². The smallest absolute Gasteiger partial charge is 0.243 e. The van der Waals surface area contributed by atoms with Gasteiger partial charge in [0.25, 0.3) is 0 Å². The van der Waals surface area contributed by atoms with Crippen molar-refractivity contribution in [1.29, 1.82) is 0 Å². The summed E-state index contributed by atoms with van der Waals surface area (Å²) in [7, 11) is 0. The van der Waals surface area contributed by atoms with Crippen LogP contribution in [0.5, 0.6) is 0 Å². The molecule has 3 aromatic rings. The van der Waals surface area contributed by atoms with Crippen LogP contribution in [0.3, 0.4) is 0 Å². The second-order valence-corrected chi connectivity index (χ2v) is 9.70. The highest BCUT2D eigenvalue weighted by Crippen LogP contribution is 2.18. The molecule has 1 atom stereocenters. The molecule has 0 fully saturated rings. The van der Waals surface area contributed by atoms with E-state index < -0.39 is 11.6 Å². The van der Waals surface area contributed by atoms with Gasteiger partial charge in [-0.25, -0.2) is 0 Å². The number of benzene rings is 3. The van der Waals surface area contributed by atoms with Crippen LogP contribution in [0.25, 0.3) is 0 Å². The summed E-state index contributed by atoms with van der Waals surface area (Å²) < 4.78 is 0. The lowest BCUT2D eigenvalue weighted by Crippen LogP contribution is -2.54. The van der Waals surface area contributed by atoms with E-state index in [1.165, 1.54) is 0 Å². The first-order chi connectivity index (χ1) is 15.7. The van der Waals surface area contributed by atoms with Crippen LogP contribution in [0.2, 0.25) is 5.02 Å². The molecule has 3 aromatic carbocycles. The number of nitrogens with zero attached hydrogens (tertiary/aromatic N) is 1. The van der Waals surface area contributed by atoms with Crippen molar-refractivity contribution in [2.75, 3.05) is 0 Å². The van der Waals surface area contributed by atoms with Gasteiger partial charge in [-0.15, -0.1) is 0 Å². The third-order valence-electron chi connectivity index (χ3n) is 5.21. The molecule has 1 N–H and O–H groups in total. The third kappa shape index (κ3) is 7.76. The van der Waals surface area contributed by atoms with Gasteiger partial charge in [0, 0.05) is 23.5 Å². The number of hydrogen-bond donors (Lipinski definition) is 1. The molecular formula is C28H31ClN2O2. The largest absolute Gasteiger partial charge is 0.350 e. The minimum atomic E-state index is -0.654. The molecule has 33 heavy (non-hydrogen) atoms. The molecule has 0 spiro atoms. The molecule has 5 heteroatoms. The molecule has 172 valence electrons. The Morgan fingerprint density at radius 3 is 2.00 bits per heavy atom. The molecule has 0 saturated carbocycles. The van der Waals surface area contributed by atoms with Crippen molar-refractivity contribution in [3.8, 4) is 0 Å². The van der Waals surface area contributed by atoms with Crippen LogP contribution in [-0.2, 0) is 29.0 Å². The summed E-state index contributed by atoms with van der Waals surface area (Å²) in [5.41, 5.74) is 2.37. The molecule has 0 aliphatic heterocycles. The second kappa shape index (κ2) is 11.2. The molecule has 0 aromatic heterocycles. The molecule has 0 heterocycles. The molecule has 0 aliphatic rings. The highest BCUT2D eigenvalue weighted by atomic mass is 35.5. The molecule has 2 amide bonds. The molecule has 4 nitrogen and oxygen atoms in total. The molecule has 3 rings (SSSR count). The Labute approximate surface area is 201 Å². The number of amides is 2. The van der Waals surface area contributed by atoms with Crippen LogP contribution in [0, 0.1) is 0 Å². The maximum absolute atomic E-state index is 13.6. The fraction of sp³-hybridized carbons (Fsp3) is 0.286. The monoisotopic (exact) mass is 462 g/mol. The molecule has 0 saturated heterocycles. The van der Waals surface area contributed by atoms with Crippen molar-refractivity contribution in [1.82, 2.24) is 10.2 Å². The summed E-state index contributed by atoms with van der Waals surface area (Å²) in [4.78, 5) is 28.8. The molecular weight excluding hydrogens is 432 g/mol. The summed E-state index contributed by atoms with van der Waals surface area (Å²) in [5.74, 6) is -0.284. The van der Waals surface area contributed by atoms with E-state index in [-0.39, 0.29) is 18.2 Å². The maximum Gasteiger partial charge on any atom is 0.243 e. The molecule has 1 unspecified atom stereocenters. The summed E-state index contributed by atoms with van der Waals surface area (Å²) in [6, 6.07) is 26.2. The molecule has 0 aliphatic carbocycles. The summed E-state index contributed by atoms with van der Waals surface area (Å²) >= 11 is 6.14. The van der Waals surface area contributed by atoms with Crippen LogP contribution >= 0.6 is 11.6 Å². The lowest BCUT2D eigenvalue weighted by Gasteiger charge is -2.34. The van der Waals surface area contributed by atoms with Gasteiger partial charge in [0.2, 0.25) is 11.8 Å². The van der Waals surface area contributed by atoms with E-state index in [2.05, 4.69) is 5.32 Å². The van der Waals surface area contributed by atoms with E-state index in [1.807, 2.05) is 93.6 Å². The van der Waals surface area contributed by atoms with E-state index in [0.29, 0.717) is 18.0 Å². The van der Waals surface area contributed by atoms with Crippen LogP contribution in [0.4, 0.5) is 0 Å². The van der Waals surface area contributed by atoms with Gasteiger partial charge in [0.05, 0.1) is 6.42 Å². The van der Waals surface area contributed by atoms with Crippen molar-refractivity contribution in [2.24, 2.45) is 0 Å².